The Morgan fingerprint density at radius 2 is 1.90 bits per heavy atom. The number of amides is 1. The Labute approximate surface area is 133 Å². The van der Waals surface area contributed by atoms with Crippen molar-refractivity contribution < 1.29 is 4.79 Å². The number of halogens is 1. The number of para-hydroxylation sites is 2. The van der Waals surface area contributed by atoms with Gasteiger partial charge < -0.3 is 10.6 Å². The summed E-state index contributed by atoms with van der Waals surface area (Å²) in [7, 11) is 0. The van der Waals surface area contributed by atoms with Gasteiger partial charge in [-0.25, -0.2) is 0 Å². The van der Waals surface area contributed by atoms with Crippen molar-refractivity contribution in [3.63, 3.8) is 0 Å². The quantitative estimate of drug-likeness (QED) is 0.843. The number of rotatable bonds is 5. The van der Waals surface area contributed by atoms with E-state index >= 15 is 0 Å². The Balaban J connectivity index is 2.01. The van der Waals surface area contributed by atoms with Gasteiger partial charge in [-0.05, 0) is 52.5 Å². The van der Waals surface area contributed by atoms with Gasteiger partial charge in [0.05, 0.1) is 12.2 Å². The Kier molecular flexibility index (Phi) is 5.39. The van der Waals surface area contributed by atoms with Crippen LogP contribution in [0.15, 0.2) is 46.9 Å². The van der Waals surface area contributed by atoms with Crippen molar-refractivity contribution in [3.05, 3.63) is 58.1 Å². The van der Waals surface area contributed by atoms with Gasteiger partial charge in [0.2, 0.25) is 5.91 Å². The molecular weight excluding hydrogens is 328 g/mol. The zero-order valence-corrected chi connectivity index (χ0v) is 13.8. The predicted octanol–water partition coefficient (Wildman–Crippen LogP) is 4.37. The summed E-state index contributed by atoms with van der Waals surface area (Å²) in [6.07, 6.45) is 0.940. The summed E-state index contributed by atoms with van der Waals surface area (Å²) < 4.78 is 0.878. The van der Waals surface area contributed by atoms with Gasteiger partial charge in [-0.15, -0.1) is 0 Å². The molecule has 0 heterocycles. The molecule has 1 amide bonds. The summed E-state index contributed by atoms with van der Waals surface area (Å²) in [6, 6.07) is 13.8. The smallest absolute Gasteiger partial charge is 0.243 e. The Hall–Kier alpha value is -1.81. The summed E-state index contributed by atoms with van der Waals surface area (Å²) >= 11 is 3.42. The molecule has 0 radical (unpaired) electrons. The van der Waals surface area contributed by atoms with E-state index in [1.165, 1.54) is 5.56 Å². The highest BCUT2D eigenvalue weighted by atomic mass is 79.9. The molecule has 0 bridgehead atoms. The number of anilines is 2. The van der Waals surface area contributed by atoms with Crippen LogP contribution in [0.5, 0.6) is 0 Å². The van der Waals surface area contributed by atoms with Crippen LogP contribution >= 0.6 is 15.9 Å². The second kappa shape index (κ2) is 7.27. The molecule has 0 atom stereocenters. The molecule has 3 nitrogen and oxygen atoms in total. The average Bonchev–Trinajstić information content (AvgIpc) is 2.48. The maximum absolute atomic E-state index is 12.1. The van der Waals surface area contributed by atoms with Crippen molar-refractivity contribution in [2.45, 2.75) is 20.3 Å². The summed E-state index contributed by atoms with van der Waals surface area (Å²) in [5.41, 5.74) is 4.22. The van der Waals surface area contributed by atoms with Gasteiger partial charge in [0.25, 0.3) is 0 Å². The molecule has 0 fully saturated rings. The molecule has 0 spiro atoms. The molecule has 0 saturated heterocycles. The molecule has 0 aliphatic heterocycles. The molecule has 0 aliphatic carbocycles. The van der Waals surface area contributed by atoms with Gasteiger partial charge in [-0.2, -0.15) is 0 Å². The van der Waals surface area contributed by atoms with Gasteiger partial charge in [-0.1, -0.05) is 37.3 Å². The normalized spacial score (nSPS) is 10.2. The first-order valence-corrected chi connectivity index (χ1v) is 7.78. The Morgan fingerprint density at radius 1 is 1.14 bits per heavy atom. The van der Waals surface area contributed by atoms with E-state index in [0.29, 0.717) is 0 Å². The lowest BCUT2D eigenvalue weighted by Gasteiger charge is -2.14. The van der Waals surface area contributed by atoms with Crippen molar-refractivity contribution in [2.75, 3.05) is 17.2 Å². The van der Waals surface area contributed by atoms with Crippen LogP contribution in [0.4, 0.5) is 11.4 Å². The largest absolute Gasteiger partial charge is 0.376 e. The van der Waals surface area contributed by atoms with E-state index in [0.717, 1.165) is 27.8 Å². The van der Waals surface area contributed by atoms with Crippen LogP contribution in [0, 0.1) is 6.92 Å². The Bertz CT molecular complexity index is 640. The SMILES string of the molecule is CCc1cccc(C)c1NCC(=O)Nc1ccccc1Br. The van der Waals surface area contributed by atoms with Gasteiger partial charge >= 0.3 is 0 Å². The van der Waals surface area contributed by atoms with Crippen LogP contribution in [-0.4, -0.2) is 12.5 Å². The van der Waals surface area contributed by atoms with Crippen molar-refractivity contribution in [1.29, 1.82) is 0 Å². The van der Waals surface area contributed by atoms with E-state index in [1.54, 1.807) is 0 Å². The third kappa shape index (κ3) is 4.08. The first-order chi connectivity index (χ1) is 10.1. The topological polar surface area (TPSA) is 41.1 Å². The third-order valence-corrected chi connectivity index (χ3v) is 4.01. The van der Waals surface area contributed by atoms with Gasteiger partial charge in [0.15, 0.2) is 0 Å². The number of nitrogens with one attached hydrogen (secondary N) is 2. The monoisotopic (exact) mass is 346 g/mol. The van der Waals surface area contributed by atoms with E-state index in [9.17, 15) is 4.79 Å². The lowest BCUT2D eigenvalue weighted by atomic mass is 10.1. The molecule has 0 aliphatic rings. The third-order valence-electron chi connectivity index (χ3n) is 3.31. The van der Waals surface area contributed by atoms with E-state index < -0.39 is 0 Å². The summed E-state index contributed by atoms with van der Waals surface area (Å²) in [4.78, 5) is 12.1. The molecule has 2 rings (SSSR count). The fourth-order valence-corrected chi connectivity index (χ4v) is 2.59. The van der Waals surface area contributed by atoms with Crippen LogP contribution < -0.4 is 10.6 Å². The van der Waals surface area contributed by atoms with E-state index in [4.69, 9.17) is 0 Å². The minimum Gasteiger partial charge on any atom is -0.376 e. The number of carbonyl (C=O) groups is 1. The van der Waals surface area contributed by atoms with Crippen molar-refractivity contribution in [2.24, 2.45) is 0 Å². The zero-order chi connectivity index (χ0) is 15.2. The molecule has 2 aromatic carbocycles. The summed E-state index contributed by atoms with van der Waals surface area (Å²) in [5, 5.41) is 6.13. The molecule has 110 valence electrons. The summed E-state index contributed by atoms with van der Waals surface area (Å²) in [6.45, 7) is 4.41. The number of aryl methyl sites for hydroxylation is 2. The number of benzene rings is 2. The molecule has 2 aromatic rings. The fraction of sp³-hybridized carbons (Fsp3) is 0.235. The van der Waals surface area contributed by atoms with Crippen LogP contribution in [0.25, 0.3) is 0 Å². The molecule has 2 N–H and O–H groups in total. The molecular formula is C17H19BrN2O. The minimum atomic E-state index is -0.0628. The first kappa shape index (κ1) is 15.6. The molecule has 21 heavy (non-hydrogen) atoms. The summed E-state index contributed by atoms with van der Waals surface area (Å²) in [5.74, 6) is -0.0628. The van der Waals surface area contributed by atoms with Crippen LogP contribution in [0.1, 0.15) is 18.1 Å². The second-order valence-electron chi connectivity index (χ2n) is 4.84. The van der Waals surface area contributed by atoms with E-state index in [-0.39, 0.29) is 12.5 Å². The van der Waals surface area contributed by atoms with Gasteiger partial charge in [0.1, 0.15) is 0 Å². The molecule has 4 heteroatoms. The minimum absolute atomic E-state index is 0.0628. The maximum atomic E-state index is 12.1. The predicted molar refractivity (Wildman–Crippen MR) is 91.8 cm³/mol. The Morgan fingerprint density at radius 3 is 2.62 bits per heavy atom. The van der Waals surface area contributed by atoms with Crippen LogP contribution in [0.3, 0.4) is 0 Å². The van der Waals surface area contributed by atoms with Gasteiger partial charge in [-0.3, -0.25) is 4.79 Å². The highest BCUT2D eigenvalue weighted by Crippen LogP contribution is 2.22. The van der Waals surface area contributed by atoms with Crippen LogP contribution in [-0.2, 0) is 11.2 Å². The lowest BCUT2D eigenvalue weighted by Crippen LogP contribution is -2.22. The second-order valence-corrected chi connectivity index (χ2v) is 5.70. The number of hydrogen-bond donors (Lipinski definition) is 2. The first-order valence-electron chi connectivity index (χ1n) is 6.98. The van der Waals surface area contributed by atoms with Crippen LogP contribution in [0.2, 0.25) is 0 Å². The van der Waals surface area contributed by atoms with Crippen molar-refractivity contribution in [3.8, 4) is 0 Å². The number of hydrogen-bond acceptors (Lipinski definition) is 2. The lowest BCUT2D eigenvalue weighted by molar-refractivity contribution is -0.114. The van der Waals surface area contributed by atoms with Crippen molar-refractivity contribution in [1.82, 2.24) is 0 Å². The average molecular weight is 347 g/mol. The van der Waals surface area contributed by atoms with E-state index in [1.807, 2.05) is 43.3 Å². The zero-order valence-electron chi connectivity index (χ0n) is 12.2. The highest BCUT2D eigenvalue weighted by Gasteiger charge is 2.08. The standard InChI is InChI=1S/C17H19BrN2O/c1-3-13-8-6-7-12(2)17(13)19-11-16(21)20-15-10-5-4-9-14(15)18/h4-10,19H,3,11H2,1-2H3,(H,20,21). The molecule has 0 aromatic heterocycles. The van der Waals surface area contributed by atoms with E-state index in [2.05, 4.69) is 39.6 Å². The number of carbonyl (C=O) groups excluding carboxylic acids is 1. The maximum Gasteiger partial charge on any atom is 0.243 e. The molecule has 0 saturated carbocycles. The van der Waals surface area contributed by atoms with Gasteiger partial charge in [0, 0.05) is 10.2 Å². The fourth-order valence-electron chi connectivity index (χ4n) is 2.20. The van der Waals surface area contributed by atoms with Crippen molar-refractivity contribution >= 4 is 33.2 Å². The highest BCUT2D eigenvalue weighted by molar-refractivity contribution is 9.10. The molecule has 0 unspecified atom stereocenters.